The Morgan fingerprint density at radius 3 is 2.54 bits per heavy atom. The number of pyridine rings is 1. The van der Waals surface area contributed by atoms with Gasteiger partial charge in [0.05, 0.1) is 18.1 Å². The molecule has 7 heteroatoms. The lowest BCUT2D eigenvalue weighted by atomic mass is 10.4. The maximum absolute atomic E-state index is 10.8. The minimum atomic E-state index is -3.24. The number of nitrogens with two attached hydrogens (primary N) is 1. The normalized spacial score (nSPS) is 10.9. The van der Waals surface area contributed by atoms with Crippen LogP contribution >= 0.6 is 0 Å². The van der Waals surface area contributed by atoms with Crippen molar-refractivity contribution < 1.29 is 8.42 Å². The third-order valence-corrected chi connectivity index (χ3v) is 1.82. The Kier molecular flexibility index (Phi) is 2.69. The summed E-state index contributed by atoms with van der Waals surface area (Å²) >= 11 is 0. The van der Waals surface area contributed by atoms with Crippen molar-refractivity contribution in [2.45, 2.75) is 0 Å². The molecule has 1 aromatic heterocycles. The van der Waals surface area contributed by atoms with Gasteiger partial charge in [-0.2, -0.15) is 0 Å². The summed E-state index contributed by atoms with van der Waals surface area (Å²) < 4.78 is 23.8. The van der Waals surface area contributed by atoms with Crippen LogP contribution in [0.4, 0.5) is 11.5 Å². The van der Waals surface area contributed by atoms with Crippen LogP contribution in [0.3, 0.4) is 0 Å². The van der Waals surface area contributed by atoms with Crippen LogP contribution in [0.15, 0.2) is 18.3 Å². The molecule has 0 saturated heterocycles. The molecule has 0 atom stereocenters. The van der Waals surface area contributed by atoms with Crippen molar-refractivity contribution in [3.05, 3.63) is 18.3 Å². The smallest absolute Gasteiger partial charge is 0.229 e. The number of hydrogen-bond donors (Lipinski definition) is 3. The van der Waals surface area contributed by atoms with Crippen LogP contribution in [0, 0.1) is 0 Å². The topological polar surface area (TPSA) is 97.1 Å². The highest BCUT2D eigenvalue weighted by Crippen LogP contribution is 2.09. The fourth-order valence-electron chi connectivity index (χ4n) is 0.754. The van der Waals surface area contributed by atoms with E-state index >= 15 is 0 Å². The second-order valence-corrected chi connectivity index (χ2v) is 4.20. The van der Waals surface area contributed by atoms with E-state index in [-0.39, 0.29) is 0 Å². The number of hydrogen-bond acceptors (Lipinski definition) is 5. The molecule has 0 fully saturated rings. The van der Waals surface area contributed by atoms with E-state index in [1.54, 1.807) is 12.1 Å². The second kappa shape index (κ2) is 3.58. The van der Waals surface area contributed by atoms with Gasteiger partial charge >= 0.3 is 0 Å². The number of nitrogen functional groups attached to an aromatic ring is 1. The number of rotatable bonds is 3. The highest BCUT2D eigenvalue weighted by Gasteiger charge is 2.01. The predicted molar refractivity (Wildman–Crippen MR) is 50.5 cm³/mol. The molecule has 1 heterocycles. The average Bonchev–Trinajstić information content (AvgIpc) is 2.03. The van der Waals surface area contributed by atoms with Crippen LogP contribution in [0.25, 0.3) is 0 Å². The quantitative estimate of drug-likeness (QED) is 0.463. The highest BCUT2D eigenvalue weighted by molar-refractivity contribution is 7.92. The Hall–Kier alpha value is -1.34. The van der Waals surface area contributed by atoms with E-state index in [1.165, 1.54) is 6.20 Å². The molecule has 1 aromatic rings. The van der Waals surface area contributed by atoms with E-state index in [4.69, 9.17) is 5.84 Å². The van der Waals surface area contributed by atoms with Crippen molar-refractivity contribution in [3.8, 4) is 0 Å². The molecule has 0 aliphatic heterocycles. The molecule has 0 amide bonds. The number of nitrogens with zero attached hydrogens (tertiary/aromatic N) is 1. The van der Waals surface area contributed by atoms with Crippen molar-refractivity contribution in [1.29, 1.82) is 0 Å². The molecule has 0 saturated carbocycles. The molecule has 0 aromatic carbocycles. The lowest BCUT2D eigenvalue weighted by Crippen LogP contribution is -2.11. The van der Waals surface area contributed by atoms with E-state index < -0.39 is 10.0 Å². The fourth-order valence-corrected chi connectivity index (χ4v) is 1.30. The molecular formula is C6H10N4O2S. The Labute approximate surface area is 76.2 Å². The highest BCUT2D eigenvalue weighted by atomic mass is 32.2. The zero-order valence-electron chi connectivity index (χ0n) is 6.98. The van der Waals surface area contributed by atoms with Crippen molar-refractivity contribution in [3.63, 3.8) is 0 Å². The Balaban J connectivity index is 2.81. The summed E-state index contributed by atoms with van der Waals surface area (Å²) in [5, 5.41) is 0. The summed E-state index contributed by atoms with van der Waals surface area (Å²) in [6, 6.07) is 3.12. The summed E-state index contributed by atoms with van der Waals surface area (Å²) in [5.74, 6) is 5.55. The predicted octanol–water partition coefficient (Wildman–Crippen LogP) is -0.261. The largest absolute Gasteiger partial charge is 0.308 e. The minimum Gasteiger partial charge on any atom is -0.308 e. The molecule has 0 bridgehead atoms. The summed E-state index contributed by atoms with van der Waals surface area (Å²) in [6.07, 6.45) is 2.44. The first kappa shape index (κ1) is 9.75. The first-order chi connectivity index (χ1) is 6.01. The van der Waals surface area contributed by atoms with E-state index in [0.717, 1.165) is 6.26 Å². The van der Waals surface area contributed by atoms with E-state index in [0.29, 0.717) is 11.5 Å². The zero-order chi connectivity index (χ0) is 9.90. The van der Waals surface area contributed by atoms with Gasteiger partial charge in [0, 0.05) is 0 Å². The first-order valence-electron chi connectivity index (χ1n) is 3.42. The van der Waals surface area contributed by atoms with Gasteiger partial charge in [-0.15, -0.1) is 0 Å². The number of nitrogens with one attached hydrogen (secondary N) is 2. The Bertz CT molecular complexity index is 372. The molecular weight excluding hydrogens is 192 g/mol. The van der Waals surface area contributed by atoms with Gasteiger partial charge < -0.3 is 5.43 Å². The van der Waals surface area contributed by atoms with Crippen molar-refractivity contribution in [1.82, 2.24) is 4.98 Å². The summed E-state index contributed by atoms with van der Waals surface area (Å²) in [4.78, 5) is 3.82. The Morgan fingerprint density at radius 1 is 1.46 bits per heavy atom. The molecule has 0 radical (unpaired) electrons. The van der Waals surface area contributed by atoms with Crippen molar-refractivity contribution >= 4 is 21.5 Å². The molecule has 72 valence electrons. The van der Waals surface area contributed by atoms with Crippen LogP contribution in [-0.2, 0) is 10.0 Å². The third-order valence-electron chi connectivity index (χ3n) is 1.21. The van der Waals surface area contributed by atoms with Gasteiger partial charge in [0.15, 0.2) is 0 Å². The van der Waals surface area contributed by atoms with Crippen LogP contribution in [0.2, 0.25) is 0 Å². The van der Waals surface area contributed by atoms with Gasteiger partial charge in [-0.1, -0.05) is 0 Å². The maximum atomic E-state index is 10.8. The lowest BCUT2D eigenvalue weighted by Gasteiger charge is -2.03. The van der Waals surface area contributed by atoms with Crippen molar-refractivity contribution in [2.24, 2.45) is 5.84 Å². The molecule has 1 rings (SSSR count). The van der Waals surface area contributed by atoms with Crippen LogP contribution in [-0.4, -0.2) is 19.7 Å². The van der Waals surface area contributed by atoms with Crippen LogP contribution in [0.5, 0.6) is 0 Å². The zero-order valence-corrected chi connectivity index (χ0v) is 7.80. The minimum absolute atomic E-state index is 0.404. The summed E-state index contributed by atoms with van der Waals surface area (Å²) in [5.41, 5.74) is 2.73. The summed E-state index contributed by atoms with van der Waals surface area (Å²) in [7, 11) is -3.24. The first-order valence-corrected chi connectivity index (χ1v) is 5.31. The monoisotopic (exact) mass is 202 g/mol. The number of aromatic nitrogens is 1. The standard InChI is InChI=1S/C6H10N4O2S/c1-13(11,12)10-5-2-3-6(9-7)8-4-5/h2-4,10H,7H2,1H3,(H,8,9). The van der Waals surface area contributed by atoms with Crippen molar-refractivity contribution in [2.75, 3.05) is 16.4 Å². The molecule has 4 N–H and O–H groups in total. The lowest BCUT2D eigenvalue weighted by molar-refractivity contribution is 0.607. The van der Waals surface area contributed by atoms with E-state index in [2.05, 4.69) is 15.1 Å². The van der Waals surface area contributed by atoms with E-state index in [9.17, 15) is 8.42 Å². The molecule has 13 heavy (non-hydrogen) atoms. The average molecular weight is 202 g/mol. The van der Waals surface area contributed by atoms with Crippen LogP contribution < -0.4 is 16.0 Å². The number of hydrazine groups is 1. The van der Waals surface area contributed by atoms with Gasteiger partial charge in [0.2, 0.25) is 10.0 Å². The SMILES string of the molecule is CS(=O)(=O)Nc1ccc(NN)nc1. The van der Waals surface area contributed by atoms with E-state index in [1.807, 2.05) is 0 Å². The number of anilines is 2. The maximum Gasteiger partial charge on any atom is 0.229 e. The van der Waals surface area contributed by atoms with Gasteiger partial charge in [-0.05, 0) is 12.1 Å². The molecule has 0 aliphatic rings. The molecule has 0 aliphatic carbocycles. The summed E-state index contributed by atoms with van der Waals surface area (Å²) in [6.45, 7) is 0. The molecule has 0 spiro atoms. The molecule has 0 unspecified atom stereocenters. The second-order valence-electron chi connectivity index (χ2n) is 2.45. The van der Waals surface area contributed by atoms with Gasteiger partial charge in [-0.25, -0.2) is 19.2 Å². The van der Waals surface area contributed by atoms with Crippen LogP contribution in [0.1, 0.15) is 0 Å². The van der Waals surface area contributed by atoms with Gasteiger partial charge in [-0.3, -0.25) is 4.72 Å². The molecule has 6 nitrogen and oxygen atoms in total. The van der Waals surface area contributed by atoms with Gasteiger partial charge in [0.25, 0.3) is 0 Å². The third kappa shape index (κ3) is 3.26. The fraction of sp³-hybridized carbons (Fsp3) is 0.167. The van der Waals surface area contributed by atoms with Gasteiger partial charge in [0.1, 0.15) is 5.82 Å². The number of sulfonamides is 1. The Morgan fingerprint density at radius 2 is 2.15 bits per heavy atom.